The molecule has 1 fully saturated rings. The molecule has 1 amide bonds. The summed E-state index contributed by atoms with van der Waals surface area (Å²) in [5.74, 6) is 1.87. The van der Waals surface area contributed by atoms with Gasteiger partial charge < -0.3 is 19.9 Å². The van der Waals surface area contributed by atoms with Crippen molar-refractivity contribution < 1.29 is 9.53 Å². The van der Waals surface area contributed by atoms with Crippen molar-refractivity contribution in [2.75, 3.05) is 32.5 Å². The number of ether oxygens (including phenoxy) is 1. The van der Waals surface area contributed by atoms with Crippen LogP contribution < -0.4 is 10.1 Å². The number of carbonyl (C=O) groups excluding carboxylic acids is 1. The Bertz CT molecular complexity index is 1460. The first-order chi connectivity index (χ1) is 17.9. The maximum absolute atomic E-state index is 13.4. The van der Waals surface area contributed by atoms with Gasteiger partial charge in [0, 0.05) is 41.4 Å². The van der Waals surface area contributed by atoms with Crippen molar-refractivity contribution >= 4 is 49.9 Å². The molecule has 0 saturated carbocycles. The van der Waals surface area contributed by atoms with Gasteiger partial charge in [0.15, 0.2) is 0 Å². The van der Waals surface area contributed by atoms with E-state index in [1.54, 1.807) is 23.9 Å². The van der Waals surface area contributed by atoms with Gasteiger partial charge in [0.2, 0.25) is 5.91 Å². The van der Waals surface area contributed by atoms with Crippen molar-refractivity contribution in [1.29, 1.82) is 0 Å². The van der Waals surface area contributed by atoms with Gasteiger partial charge in [-0.05, 0) is 65.3 Å². The number of carbonyl (C=O) groups is 1. The molecule has 3 aromatic heterocycles. The van der Waals surface area contributed by atoms with Crippen LogP contribution >= 0.6 is 11.3 Å². The van der Waals surface area contributed by atoms with Gasteiger partial charge in [0.1, 0.15) is 22.7 Å². The predicted octanol–water partition coefficient (Wildman–Crippen LogP) is 4.37. The van der Waals surface area contributed by atoms with Crippen molar-refractivity contribution in [3.8, 4) is 5.75 Å². The molecule has 0 radical (unpaired) electrons. The Morgan fingerprint density at radius 3 is 2.92 bits per heavy atom. The molecule has 4 heterocycles. The van der Waals surface area contributed by atoms with Crippen LogP contribution in [0.2, 0.25) is 0 Å². The lowest BCUT2D eigenvalue weighted by molar-refractivity contribution is -0.134. The van der Waals surface area contributed by atoms with Gasteiger partial charge in [0.05, 0.1) is 28.9 Å². The molecule has 1 aromatic carbocycles. The fourth-order valence-corrected chi connectivity index (χ4v) is 6.85. The smallest absolute Gasteiger partial charge is 0.226 e. The summed E-state index contributed by atoms with van der Waals surface area (Å²) in [4.78, 5) is 29.1. The fraction of sp³-hybridized carbons (Fsp3) is 0.481. The van der Waals surface area contributed by atoms with Crippen LogP contribution in [0.25, 0.3) is 21.1 Å². The Labute approximate surface area is 220 Å². The minimum atomic E-state index is 0.0262. The van der Waals surface area contributed by atoms with Gasteiger partial charge in [-0.25, -0.2) is 9.97 Å². The first-order valence-corrected chi connectivity index (χ1v) is 13.8. The predicted molar refractivity (Wildman–Crippen MR) is 147 cm³/mol. The normalized spacial score (nSPS) is 19.8. The zero-order valence-electron chi connectivity index (χ0n) is 21.7. The minimum Gasteiger partial charge on any atom is -0.489 e. The van der Waals surface area contributed by atoms with Crippen LogP contribution in [0.1, 0.15) is 37.1 Å². The topological polar surface area (TPSA) is 99.3 Å². The Morgan fingerprint density at radius 2 is 2.14 bits per heavy atom. The highest BCUT2D eigenvalue weighted by atomic mass is 32.1. The number of nitrogens with one attached hydrogen (secondary N) is 2. The SMILES string of the molecule is CC(C)Oc1cc2[nH]ncc2cc1Nc1ncnc2sc3c(c12)CC[C@H](C(=O)N1CC[C@H](N(C)C)C1)C3. The number of nitrogens with zero attached hydrogens (tertiary/aromatic N) is 5. The summed E-state index contributed by atoms with van der Waals surface area (Å²) < 4.78 is 6.12. The summed E-state index contributed by atoms with van der Waals surface area (Å²) in [6, 6.07) is 4.47. The molecule has 4 aromatic rings. The van der Waals surface area contributed by atoms with Crippen molar-refractivity contribution in [2.24, 2.45) is 5.92 Å². The Morgan fingerprint density at radius 1 is 1.27 bits per heavy atom. The molecule has 6 rings (SSSR count). The highest BCUT2D eigenvalue weighted by Gasteiger charge is 2.35. The van der Waals surface area contributed by atoms with Crippen molar-refractivity contribution in [1.82, 2.24) is 30.0 Å². The van der Waals surface area contributed by atoms with Crippen molar-refractivity contribution in [2.45, 2.75) is 51.7 Å². The second-order valence-corrected chi connectivity index (χ2v) is 11.7. The third-order valence-electron chi connectivity index (χ3n) is 7.56. The number of likely N-dealkylation sites (tertiary alicyclic amines) is 1. The van der Waals surface area contributed by atoms with Gasteiger partial charge in [-0.1, -0.05) is 0 Å². The molecular weight excluding hydrogens is 486 g/mol. The van der Waals surface area contributed by atoms with Gasteiger partial charge in [0.25, 0.3) is 0 Å². The third-order valence-corrected chi connectivity index (χ3v) is 8.72. The van der Waals surface area contributed by atoms with E-state index in [1.165, 1.54) is 10.4 Å². The van der Waals surface area contributed by atoms with Crippen LogP contribution in [0.5, 0.6) is 5.75 Å². The number of amides is 1. The number of hydrogen-bond donors (Lipinski definition) is 2. The maximum Gasteiger partial charge on any atom is 0.226 e. The van der Waals surface area contributed by atoms with Crippen molar-refractivity contribution in [3.63, 3.8) is 0 Å². The number of aryl methyl sites for hydroxylation is 1. The van der Waals surface area contributed by atoms with Crippen LogP contribution in [0.3, 0.4) is 0 Å². The number of benzene rings is 1. The number of aromatic nitrogens is 4. The van der Waals surface area contributed by atoms with Crippen LogP contribution in [0.15, 0.2) is 24.7 Å². The molecule has 2 N–H and O–H groups in total. The lowest BCUT2D eigenvalue weighted by Crippen LogP contribution is -2.39. The van der Waals surface area contributed by atoms with E-state index < -0.39 is 0 Å². The van der Waals surface area contributed by atoms with Crippen LogP contribution in [0.4, 0.5) is 11.5 Å². The molecule has 0 bridgehead atoms. The summed E-state index contributed by atoms with van der Waals surface area (Å²) in [7, 11) is 4.20. The molecule has 10 heteroatoms. The molecule has 1 saturated heterocycles. The highest BCUT2D eigenvalue weighted by Crippen LogP contribution is 2.42. The Hall–Kier alpha value is -3.24. The molecule has 1 aliphatic heterocycles. The molecule has 2 aliphatic rings. The van der Waals surface area contributed by atoms with Gasteiger partial charge in [-0.2, -0.15) is 5.10 Å². The molecule has 0 unspecified atom stereocenters. The number of H-pyrrole nitrogens is 1. The molecule has 2 atom stereocenters. The van der Waals surface area contributed by atoms with Crippen LogP contribution in [-0.2, 0) is 17.6 Å². The average Bonchev–Trinajstić information content (AvgIpc) is 3.61. The zero-order valence-corrected chi connectivity index (χ0v) is 22.6. The Kier molecular flexibility index (Phi) is 6.24. The second-order valence-electron chi connectivity index (χ2n) is 10.6. The molecule has 1 aliphatic carbocycles. The lowest BCUT2D eigenvalue weighted by Gasteiger charge is -2.27. The van der Waals surface area contributed by atoms with E-state index in [-0.39, 0.29) is 12.0 Å². The molecule has 9 nitrogen and oxygen atoms in total. The highest BCUT2D eigenvalue weighted by molar-refractivity contribution is 7.19. The molecule has 194 valence electrons. The van der Waals surface area contributed by atoms with Crippen LogP contribution in [0, 0.1) is 5.92 Å². The third kappa shape index (κ3) is 4.53. The standard InChI is InChI=1S/C27H33N7O2S/c1-15(2)36-22-11-20-17(12-30-32-20)9-21(22)31-25-24-19-6-5-16(10-23(19)37-26(24)29-14-28-25)27(35)34-8-7-18(13-34)33(3)4/h9,11-12,14-16,18H,5-8,10,13H2,1-4H3,(H,30,32)(H,28,29,31)/t16-,18-/m0/s1. The van der Waals surface area contributed by atoms with E-state index in [0.717, 1.165) is 77.1 Å². The van der Waals surface area contributed by atoms with Gasteiger partial charge in [-0.15, -0.1) is 11.3 Å². The summed E-state index contributed by atoms with van der Waals surface area (Å²) in [6.07, 6.45) is 6.99. The number of anilines is 2. The quantitative estimate of drug-likeness (QED) is 0.390. The summed E-state index contributed by atoms with van der Waals surface area (Å²) >= 11 is 1.70. The number of fused-ring (bicyclic) bond motifs is 4. The monoisotopic (exact) mass is 519 g/mol. The largest absolute Gasteiger partial charge is 0.489 e. The maximum atomic E-state index is 13.4. The van der Waals surface area contributed by atoms with E-state index in [4.69, 9.17) is 4.74 Å². The number of hydrogen-bond acceptors (Lipinski definition) is 8. The van der Waals surface area contributed by atoms with E-state index in [1.807, 2.05) is 26.0 Å². The molecule has 0 spiro atoms. The van der Waals surface area contributed by atoms with E-state index >= 15 is 0 Å². The first-order valence-electron chi connectivity index (χ1n) is 13.0. The number of likely N-dealkylation sites (N-methyl/N-ethyl adjacent to an activating group) is 1. The van der Waals surface area contributed by atoms with E-state index in [2.05, 4.69) is 49.4 Å². The minimum absolute atomic E-state index is 0.0262. The Balaban J connectivity index is 1.29. The first kappa shape index (κ1) is 24.1. The van der Waals surface area contributed by atoms with Crippen LogP contribution in [-0.4, -0.2) is 75.2 Å². The van der Waals surface area contributed by atoms with E-state index in [9.17, 15) is 4.79 Å². The fourth-order valence-electron chi connectivity index (χ4n) is 5.59. The number of rotatable bonds is 6. The average molecular weight is 520 g/mol. The molecule has 37 heavy (non-hydrogen) atoms. The number of thiophene rings is 1. The van der Waals surface area contributed by atoms with Gasteiger partial charge in [-0.3, -0.25) is 9.89 Å². The van der Waals surface area contributed by atoms with E-state index in [0.29, 0.717) is 11.9 Å². The van der Waals surface area contributed by atoms with Crippen molar-refractivity contribution in [3.05, 3.63) is 35.1 Å². The summed E-state index contributed by atoms with van der Waals surface area (Å²) in [6.45, 7) is 5.72. The summed E-state index contributed by atoms with van der Waals surface area (Å²) in [5, 5.41) is 12.8. The molecular formula is C27H33N7O2S. The second kappa shape index (κ2) is 9.57. The number of aromatic amines is 1. The van der Waals surface area contributed by atoms with Gasteiger partial charge >= 0.3 is 0 Å². The zero-order chi connectivity index (χ0) is 25.7. The summed E-state index contributed by atoms with van der Waals surface area (Å²) in [5.41, 5.74) is 3.04. The lowest BCUT2D eigenvalue weighted by atomic mass is 9.87.